The standard InChI is InChI=1S/C19H31NO3Si/c1-19(2,3)24(4,5)23-12-11-16-13-17(18(21)20-16)22-14-15-9-7-6-8-10-15/h6-10,16-17H,11-14H2,1-5H3,(H,20,21). The highest BCUT2D eigenvalue weighted by Gasteiger charge is 2.38. The van der Waals surface area contributed by atoms with Crippen molar-refractivity contribution in [3.63, 3.8) is 0 Å². The molecule has 0 radical (unpaired) electrons. The predicted molar refractivity (Wildman–Crippen MR) is 99.3 cm³/mol. The molecule has 0 aromatic heterocycles. The van der Waals surface area contributed by atoms with Gasteiger partial charge in [-0.25, -0.2) is 0 Å². The van der Waals surface area contributed by atoms with Crippen LogP contribution in [-0.4, -0.2) is 33.0 Å². The Labute approximate surface area is 147 Å². The van der Waals surface area contributed by atoms with E-state index in [1.54, 1.807) is 0 Å². The summed E-state index contributed by atoms with van der Waals surface area (Å²) in [7, 11) is -1.71. The predicted octanol–water partition coefficient (Wildman–Crippen LogP) is 3.87. The van der Waals surface area contributed by atoms with Crippen molar-refractivity contribution in [1.82, 2.24) is 5.32 Å². The Morgan fingerprint density at radius 1 is 1.21 bits per heavy atom. The highest BCUT2D eigenvalue weighted by Crippen LogP contribution is 2.36. The molecule has 134 valence electrons. The molecular formula is C19H31NO3Si. The summed E-state index contributed by atoms with van der Waals surface area (Å²) in [6.45, 7) is 12.4. The molecular weight excluding hydrogens is 318 g/mol. The molecule has 0 aliphatic carbocycles. The number of hydrogen-bond donors (Lipinski definition) is 1. The molecule has 1 heterocycles. The van der Waals surface area contributed by atoms with Crippen molar-refractivity contribution in [3.05, 3.63) is 35.9 Å². The largest absolute Gasteiger partial charge is 0.417 e. The van der Waals surface area contributed by atoms with Crippen LogP contribution >= 0.6 is 0 Å². The van der Waals surface area contributed by atoms with Gasteiger partial charge in [-0.3, -0.25) is 4.79 Å². The summed E-state index contributed by atoms with van der Waals surface area (Å²) in [4.78, 5) is 12.1. The summed E-state index contributed by atoms with van der Waals surface area (Å²) in [5.41, 5.74) is 1.09. The average Bonchev–Trinajstić information content (AvgIpc) is 2.85. The Hall–Kier alpha value is -1.17. The number of carbonyl (C=O) groups excluding carboxylic acids is 1. The Morgan fingerprint density at radius 2 is 1.88 bits per heavy atom. The Balaban J connectivity index is 1.74. The van der Waals surface area contributed by atoms with Crippen LogP contribution in [0.5, 0.6) is 0 Å². The SMILES string of the molecule is CC(C)(C)[Si](C)(C)OCCC1CC(OCc2ccccc2)C(=O)N1. The smallest absolute Gasteiger partial charge is 0.249 e. The molecule has 2 atom stereocenters. The van der Waals surface area contributed by atoms with E-state index in [4.69, 9.17) is 9.16 Å². The van der Waals surface area contributed by atoms with Crippen LogP contribution in [0.25, 0.3) is 0 Å². The topological polar surface area (TPSA) is 47.6 Å². The number of rotatable bonds is 7. The Bertz CT molecular complexity index is 539. The van der Waals surface area contributed by atoms with Crippen molar-refractivity contribution >= 4 is 14.2 Å². The lowest BCUT2D eigenvalue weighted by atomic mass is 10.1. The van der Waals surface area contributed by atoms with Crippen molar-refractivity contribution in [2.75, 3.05) is 6.61 Å². The molecule has 24 heavy (non-hydrogen) atoms. The van der Waals surface area contributed by atoms with Gasteiger partial charge in [0.1, 0.15) is 6.10 Å². The maximum Gasteiger partial charge on any atom is 0.249 e. The van der Waals surface area contributed by atoms with Crippen LogP contribution in [0.1, 0.15) is 39.2 Å². The first-order valence-electron chi connectivity index (χ1n) is 8.79. The molecule has 1 amide bonds. The lowest BCUT2D eigenvalue weighted by molar-refractivity contribution is -0.129. The number of amides is 1. The molecule has 1 aromatic carbocycles. The highest BCUT2D eigenvalue weighted by molar-refractivity contribution is 6.74. The van der Waals surface area contributed by atoms with Gasteiger partial charge in [-0.05, 0) is 30.1 Å². The third-order valence-corrected chi connectivity index (χ3v) is 9.71. The number of carbonyl (C=O) groups is 1. The van der Waals surface area contributed by atoms with Crippen LogP contribution in [0.2, 0.25) is 18.1 Å². The zero-order valence-corrected chi connectivity index (χ0v) is 16.6. The van der Waals surface area contributed by atoms with Gasteiger partial charge in [-0.15, -0.1) is 0 Å². The number of benzene rings is 1. The fourth-order valence-electron chi connectivity index (χ4n) is 2.50. The van der Waals surface area contributed by atoms with E-state index in [0.29, 0.717) is 13.2 Å². The molecule has 4 nitrogen and oxygen atoms in total. The summed E-state index contributed by atoms with van der Waals surface area (Å²) in [6, 6.07) is 10.1. The average molecular weight is 350 g/mol. The van der Waals surface area contributed by atoms with Crippen LogP contribution in [0, 0.1) is 0 Å². The zero-order valence-electron chi connectivity index (χ0n) is 15.6. The second-order valence-electron chi connectivity index (χ2n) is 8.12. The normalized spacial score (nSPS) is 21.8. The van der Waals surface area contributed by atoms with Gasteiger partial charge in [0.25, 0.3) is 0 Å². The van der Waals surface area contributed by atoms with E-state index in [1.807, 2.05) is 30.3 Å². The molecule has 0 saturated carbocycles. The summed E-state index contributed by atoms with van der Waals surface area (Å²) < 4.78 is 12.0. The minimum absolute atomic E-state index is 0.00302. The molecule has 1 aliphatic heterocycles. The van der Waals surface area contributed by atoms with Crippen LogP contribution < -0.4 is 5.32 Å². The van der Waals surface area contributed by atoms with Crippen molar-refractivity contribution in [1.29, 1.82) is 0 Å². The molecule has 0 spiro atoms. The van der Waals surface area contributed by atoms with Gasteiger partial charge in [-0.1, -0.05) is 51.1 Å². The minimum Gasteiger partial charge on any atom is -0.417 e. The van der Waals surface area contributed by atoms with E-state index in [9.17, 15) is 4.79 Å². The lowest BCUT2D eigenvalue weighted by Gasteiger charge is -2.36. The zero-order chi connectivity index (χ0) is 17.8. The summed E-state index contributed by atoms with van der Waals surface area (Å²) in [5.74, 6) is 0.00302. The fraction of sp³-hybridized carbons (Fsp3) is 0.632. The van der Waals surface area contributed by atoms with Gasteiger partial charge in [0.05, 0.1) is 6.61 Å². The lowest BCUT2D eigenvalue weighted by Crippen LogP contribution is -2.41. The highest BCUT2D eigenvalue weighted by atomic mass is 28.4. The second kappa shape index (κ2) is 7.81. The summed E-state index contributed by atoms with van der Waals surface area (Å²) in [6.07, 6.45) is 1.23. The molecule has 1 aliphatic rings. The molecule has 1 saturated heterocycles. The quantitative estimate of drug-likeness (QED) is 0.760. The summed E-state index contributed by atoms with van der Waals surface area (Å²) in [5, 5.41) is 3.25. The van der Waals surface area contributed by atoms with E-state index in [-0.39, 0.29) is 23.1 Å². The van der Waals surface area contributed by atoms with E-state index in [2.05, 4.69) is 39.2 Å². The van der Waals surface area contributed by atoms with Crippen molar-refractivity contribution in [2.45, 2.75) is 70.5 Å². The first-order valence-corrected chi connectivity index (χ1v) is 11.7. The monoisotopic (exact) mass is 349 g/mol. The van der Waals surface area contributed by atoms with Crippen molar-refractivity contribution in [3.8, 4) is 0 Å². The second-order valence-corrected chi connectivity index (χ2v) is 12.9. The van der Waals surface area contributed by atoms with Gasteiger partial charge in [0.15, 0.2) is 8.32 Å². The first-order chi connectivity index (χ1) is 11.2. The maximum absolute atomic E-state index is 12.1. The van der Waals surface area contributed by atoms with Gasteiger partial charge in [-0.2, -0.15) is 0 Å². The first kappa shape index (κ1) is 19.2. The van der Waals surface area contributed by atoms with Crippen LogP contribution in [-0.2, 0) is 20.6 Å². The Morgan fingerprint density at radius 3 is 2.50 bits per heavy atom. The number of ether oxygens (including phenoxy) is 1. The van der Waals surface area contributed by atoms with Crippen molar-refractivity contribution in [2.24, 2.45) is 0 Å². The molecule has 1 aromatic rings. The van der Waals surface area contributed by atoms with Crippen molar-refractivity contribution < 1.29 is 14.0 Å². The molecule has 5 heteroatoms. The third kappa shape index (κ3) is 5.16. The van der Waals surface area contributed by atoms with Crippen LogP contribution in [0.15, 0.2) is 30.3 Å². The van der Waals surface area contributed by atoms with E-state index < -0.39 is 8.32 Å². The molecule has 0 bridgehead atoms. The molecule has 2 unspecified atom stereocenters. The fourth-order valence-corrected chi connectivity index (χ4v) is 3.56. The molecule has 2 rings (SSSR count). The summed E-state index contributed by atoms with van der Waals surface area (Å²) >= 11 is 0. The van der Waals surface area contributed by atoms with E-state index >= 15 is 0 Å². The molecule has 1 fully saturated rings. The van der Waals surface area contributed by atoms with Gasteiger partial charge < -0.3 is 14.5 Å². The van der Waals surface area contributed by atoms with E-state index in [0.717, 1.165) is 18.4 Å². The van der Waals surface area contributed by atoms with Gasteiger partial charge in [0, 0.05) is 19.1 Å². The van der Waals surface area contributed by atoms with Crippen LogP contribution in [0.3, 0.4) is 0 Å². The Kier molecular flexibility index (Phi) is 6.23. The number of hydrogen-bond acceptors (Lipinski definition) is 3. The van der Waals surface area contributed by atoms with Gasteiger partial charge >= 0.3 is 0 Å². The van der Waals surface area contributed by atoms with Crippen LogP contribution in [0.4, 0.5) is 0 Å². The van der Waals surface area contributed by atoms with Gasteiger partial charge in [0.2, 0.25) is 5.91 Å². The minimum atomic E-state index is -1.71. The maximum atomic E-state index is 12.1. The molecule has 1 N–H and O–H groups in total. The third-order valence-electron chi connectivity index (χ3n) is 5.17. The van der Waals surface area contributed by atoms with E-state index in [1.165, 1.54) is 0 Å². The number of nitrogens with one attached hydrogen (secondary N) is 1.